The van der Waals surface area contributed by atoms with Crippen LogP contribution in [0.1, 0.15) is 5.56 Å². The van der Waals surface area contributed by atoms with Gasteiger partial charge in [-0.15, -0.1) is 0 Å². The maximum Gasteiger partial charge on any atom is 0.0645 e. The molecule has 0 aliphatic heterocycles. The van der Waals surface area contributed by atoms with E-state index in [-0.39, 0.29) is 0 Å². The quantitative estimate of drug-likeness (QED) is 0.741. The molecule has 0 amide bonds. The van der Waals surface area contributed by atoms with Crippen molar-refractivity contribution >= 4 is 40.8 Å². The van der Waals surface area contributed by atoms with Gasteiger partial charge in [-0.1, -0.05) is 35.3 Å². The molecule has 0 aliphatic rings. The molecule has 2 rings (SSSR count). The lowest BCUT2D eigenvalue weighted by molar-refractivity contribution is 1.13. The molecule has 19 heavy (non-hydrogen) atoms. The Labute approximate surface area is 123 Å². The SMILES string of the molecule is CN(C)c1ccc(C=Nc2ccc(Cl)c(Cl)c2)cc1. The number of benzene rings is 2. The molecule has 4 heteroatoms. The van der Waals surface area contributed by atoms with Crippen molar-refractivity contribution in [2.45, 2.75) is 0 Å². The van der Waals surface area contributed by atoms with Crippen molar-refractivity contribution in [3.63, 3.8) is 0 Å². The van der Waals surface area contributed by atoms with Gasteiger partial charge in [0, 0.05) is 26.0 Å². The average molecular weight is 293 g/mol. The molecule has 0 heterocycles. The molecule has 0 spiro atoms. The Bertz CT molecular complexity index is 590. The van der Waals surface area contributed by atoms with Crippen molar-refractivity contribution in [2.75, 3.05) is 19.0 Å². The van der Waals surface area contributed by atoms with Crippen LogP contribution in [-0.2, 0) is 0 Å². The predicted molar refractivity (Wildman–Crippen MR) is 84.5 cm³/mol. The summed E-state index contributed by atoms with van der Waals surface area (Å²) in [6, 6.07) is 13.5. The topological polar surface area (TPSA) is 15.6 Å². The number of hydrogen-bond donors (Lipinski definition) is 0. The van der Waals surface area contributed by atoms with Gasteiger partial charge in [-0.25, -0.2) is 0 Å². The molecule has 0 saturated heterocycles. The average Bonchev–Trinajstić information content (AvgIpc) is 2.40. The fourth-order valence-electron chi connectivity index (χ4n) is 1.57. The van der Waals surface area contributed by atoms with Gasteiger partial charge in [-0.05, 0) is 35.9 Å². The molecule has 0 atom stereocenters. The molecular weight excluding hydrogens is 279 g/mol. The van der Waals surface area contributed by atoms with E-state index >= 15 is 0 Å². The third-order valence-electron chi connectivity index (χ3n) is 2.68. The number of hydrogen-bond acceptors (Lipinski definition) is 2. The maximum atomic E-state index is 5.94. The number of halogens is 2. The van der Waals surface area contributed by atoms with E-state index in [1.54, 1.807) is 18.3 Å². The van der Waals surface area contributed by atoms with Gasteiger partial charge < -0.3 is 4.90 Å². The van der Waals surface area contributed by atoms with Gasteiger partial charge in [0.25, 0.3) is 0 Å². The lowest BCUT2D eigenvalue weighted by Gasteiger charge is -2.11. The molecule has 0 unspecified atom stereocenters. The molecule has 0 radical (unpaired) electrons. The van der Waals surface area contributed by atoms with Crippen LogP contribution in [0.5, 0.6) is 0 Å². The van der Waals surface area contributed by atoms with Crippen molar-refractivity contribution in [2.24, 2.45) is 4.99 Å². The molecule has 98 valence electrons. The monoisotopic (exact) mass is 292 g/mol. The zero-order chi connectivity index (χ0) is 13.8. The smallest absolute Gasteiger partial charge is 0.0645 e. The Morgan fingerprint density at radius 1 is 0.947 bits per heavy atom. The van der Waals surface area contributed by atoms with Crippen LogP contribution in [0.4, 0.5) is 11.4 Å². The standard InChI is InChI=1S/C15H14Cl2N2/c1-19(2)13-6-3-11(4-7-13)10-18-12-5-8-14(16)15(17)9-12/h3-10H,1-2H3. The van der Waals surface area contributed by atoms with Gasteiger partial charge in [0.1, 0.15) is 0 Å². The van der Waals surface area contributed by atoms with Crippen LogP contribution in [0.15, 0.2) is 47.5 Å². The van der Waals surface area contributed by atoms with E-state index in [0.29, 0.717) is 10.0 Å². The summed E-state index contributed by atoms with van der Waals surface area (Å²) in [5, 5.41) is 1.05. The predicted octanol–water partition coefficient (Wildman–Crippen LogP) is 4.81. The highest BCUT2D eigenvalue weighted by atomic mass is 35.5. The zero-order valence-electron chi connectivity index (χ0n) is 10.8. The molecule has 0 saturated carbocycles. The summed E-state index contributed by atoms with van der Waals surface area (Å²) in [6.45, 7) is 0. The van der Waals surface area contributed by atoms with Crippen LogP contribution >= 0.6 is 23.2 Å². The van der Waals surface area contributed by atoms with E-state index in [0.717, 1.165) is 16.9 Å². The Morgan fingerprint density at radius 2 is 1.63 bits per heavy atom. The van der Waals surface area contributed by atoms with Crippen molar-refractivity contribution in [3.05, 3.63) is 58.1 Å². The summed E-state index contributed by atoms with van der Waals surface area (Å²) >= 11 is 11.8. The highest BCUT2D eigenvalue weighted by Crippen LogP contribution is 2.26. The first-order valence-electron chi connectivity index (χ1n) is 5.83. The first-order valence-corrected chi connectivity index (χ1v) is 6.58. The minimum Gasteiger partial charge on any atom is -0.378 e. The second kappa shape index (κ2) is 6.09. The first kappa shape index (κ1) is 13.9. The summed E-state index contributed by atoms with van der Waals surface area (Å²) in [5.74, 6) is 0. The summed E-state index contributed by atoms with van der Waals surface area (Å²) in [5.41, 5.74) is 2.98. The van der Waals surface area contributed by atoms with Gasteiger partial charge in [-0.3, -0.25) is 4.99 Å². The molecule has 2 nitrogen and oxygen atoms in total. The summed E-state index contributed by atoms with van der Waals surface area (Å²) in [4.78, 5) is 6.43. The molecule has 0 aliphatic carbocycles. The molecule has 0 bridgehead atoms. The van der Waals surface area contributed by atoms with Gasteiger partial charge in [0.2, 0.25) is 0 Å². The minimum absolute atomic E-state index is 0.513. The van der Waals surface area contributed by atoms with E-state index in [4.69, 9.17) is 23.2 Å². The van der Waals surface area contributed by atoms with E-state index in [2.05, 4.69) is 22.0 Å². The number of rotatable bonds is 3. The van der Waals surface area contributed by atoms with Crippen molar-refractivity contribution in [3.8, 4) is 0 Å². The Kier molecular flexibility index (Phi) is 4.46. The first-order chi connectivity index (χ1) is 9.06. The Balaban J connectivity index is 2.15. The van der Waals surface area contributed by atoms with Crippen molar-refractivity contribution in [1.82, 2.24) is 0 Å². The maximum absolute atomic E-state index is 5.94. The zero-order valence-corrected chi connectivity index (χ0v) is 12.3. The highest BCUT2D eigenvalue weighted by molar-refractivity contribution is 6.42. The van der Waals surface area contributed by atoms with Crippen molar-refractivity contribution in [1.29, 1.82) is 0 Å². The highest BCUT2D eigenvalue weighted by Gasteiger charge is 1.98. The van der Waals surface area contributed by atoms with Gasteiger partial charge >= 0.3 is 0 Å². The third-order valence-corrected chi connectivity index (χ3v) is 3.41. The van der Waals surface area contributed by atoms with E-state index in [9.17, 15) is 0 Å². The Hall–Kier alpha value is -1.51. The summed E-state index contributed by atoms with van der Waals surface area (Å²) < 4.78 is 0. The van der Waals surface area contributed by atoms with Crippen LogP contribution in [0.2, 0.25) is 10.0 Å². The summed E-state index contributed by atoms with van der Waals surface area (Å²) in [6.07, 6.45) is 1.80. The van der Waals surface area contributed by atoms with Crippen LogP contribution in [-0.4, -0.2) is 20.3 Å². The molecule has 0 N–H and O–H groups in total. The van der Waals surface area contributed by atoms with Crippen LogP contribution in [0.25, 0.3) is 0 Å². The lowest BCUT2D eigenvalue weighted by atomic mass is 10.2. The second-order valence-electron chi connectivity index (χ2n) is 4.34. The number of nitrogens with zero attached hydrogens (tertiary/aromatic N) is 2. The Morgan fingerprint density at radius 3 is 2.21 bits per heavy atom. The van der Waals surface area contributed by atoms with E-state index in [1.807, 2.05) is 32.3 Å². The third kappa shape index (κ3) is 3.72. The summed E-state index contributed by atoms with van der Waals surface area (Å²) in [7, 11) is 4.03. The largest absolute Gasteiger partial charge is 0.378 e. The van der Waals surface area contributed by atoms with Gasteiger partial charge in [0.15, 0.2) is 0 Å². The lowest BCUT2D eigenvalue weighted by Crippen LogP contribution is -2.08. The molecule has 2 aromatic rings. The van der Waals surface area contributed by atoms with Gasteiger partial charge in [-0.2, -0.15) is 0 Å². The number of anilines is 1. The molecule has 0 aromatic heterocycles. The van der Waals surface area contributed by atoms with Crippen LogP contribution < -0.4 is 4.90 Å². The van der Waals surface area contributed by atoms with Crippen LogP contribution in [0.3, 0.4) is 0 Å². The van der Waals surface area contributed by atoms with Gasteiger partial charge in [0.05, 0.1) is 15.7 Å². The molecule has 0 fully saturated rings. The molecular formula is C15H14Cl2N2. The van der Waals surface area contributed by atoms with Crippen LogP contribution in [0, 0.1) is 0 Å². The fourth-order valence-corrected chi connectivity index (χ4v) is 1.87. The normalized spacial score (nSPS) is 10.9. The van der Waals surface area contributed by atoms with E-state index < -0.39 is 0 Å². The second-order valence-corrected chi connectivity index (χ2v) is 5.16. The fraction of sp³-hybridized carbons (Fsp3) is 0.133. The molecule has 2 aromatic carbocycles. The van der Waals surface area contributed by atoms with Crippen molar-refractivity contribution < 1.29 is 0 Å². The number of aliphatic imine (C=N–C) groups is 1. The minimum atomic E-state index is 0.513. The van der Waals surface area contributed by atoms with E-state index in [1.165, 1.54) is 0 Å².